The number of nitrogens with zero attached hydrogens (tertiary/aromatic N) is 4. The summed E-state index contributed by atoms with van der Waals surface area (Å²) >= 11 is 5.92. The Hall–Kier alpha value is -2.94. The SMILES string of the molecule is CN(C)c1cnnc(NCCNC(=O)c2ccc([N+](=O)[O-])cc2Cl)c1. The molecule has 1 aromatic carbocycles. The molecule has 0 radical (unpaired) electrons. The van der Waals surface area contributed by atoms with E-state index in [9.17, 15) is 14.9 Å². The summed E-state index contributed by atoms with van der Waals surface area (Å²) in [7, 11) is 3.80. The van der Waals surface area contributed by atoms with Crippen molar-refractivity contribution in [2.75, 3.05) is 37.4 Å². The van der Waals surface area contributed by atoms with Crippen molar-refractivity contribution >= 4 is 34.7 Å². The van der Waals surface area contributed by atoms with Crippen LogP contribution in [0.2, 0.25) is 5.02 Å². The predicted octanol–water partition coefficient (Wildman–Crippen LogP) is 1.95. The van der Waals surface area contributed by atoms with E-state index in [2.05, 4.69) is 20.8 Å². The first-order chi connectivity index (χ1) is 11.9. The van der Waals surface area contributed by atoms with Gasteiger partial charge in [0, 0.05) is 45.4 Å². The number of amides is 1. The highest BCUT2D eigenvalue weighted by molar-refractivity contribution is 6.34. The standard InChI is InChI=1S/C15H17ClN6O3/c1-21(2)11-8-14(20-19-9-11)17-5-6-18-15(23)12-4-3-10(22(24)25)7-13(12)16/h3-4,7-9H,5-6H2,1-2H3,(H,17,20)(H,18,23). The van der Waals surface area contributed by atoms with E-state index in [-0.39, 0.29) is 16.3 Å². The number of rotatable bonds is 7. The van der Waals surface area contributed by atoms with Crippen molar-refractivity contribution in [1.82, 2.24) is 15.5 Å². The van der Waals surface area contributed by atoms with E-state index in [0.717, 1.165) is 11.8 Å². The first-order valence-corrected chi connectivity index (χ1v) is 7.72. The highest BCUT2D eigenvalue weighted by Gasteiger charge is 2.14. The molecule has 0 fully saturated rings. The van der Waals surface area contributed by atoms with E-state index in [0.29, 0.717) is 18.9 Å². The minimum atomic E-state index is -0.569. The minimum absolute atomic E-state index is 0.0317. The third kappa shape index (κ3) is 5.01. The third-order valence-electron chi connectivity index (χ3n) is 3.28. The van der Waals surface area contributed by atoms with Gasteiger partial charge < -0.3 is 15.5 Å². The molecule has 9 nitrogen and oxygen atoms in total. The molecule has 0 bridgehead atoms. The zero-order valence-electron chi connectivity index (χ0n) is 13.7. The lowest BCUT2D eigenvalue weighted by molar-refractivity contribution is -0.384. The topological polar surface area (TPSA) is 113 Å². The Kier molecular flexibility index (Phi) is 6.07. The molecule has 2 rings (SSSR count). The second kappa shape index (κ2) is 8.25. The summed E-state index contributed by atoms with van der Waals surface area (Å²) in [6, 6.07) is 5.55. The van der Waals surface area contributed by atoms with E-state index in [4.69, 9.17) is 11.6 Å². The average molecular weight is 365 g/mol. The number of carbonyl (C=O) groups is 1. The van der Waals surface area contributed by atoms with Crippen LogP contribution in [0.15, 0.2) is 30.5 Å². The van der Waals surface area contributed by atoms with Gasteiger partial charge in [-0.2, -0.15) is 5.10 Å². The molecule has 0 spiro atoms. The Labute approximate surface area is 149 Å². The van der Waals surface area contributed by atoms with Crippen molar-refractivity contribution in [3.05, 3.63) is 51.2 Å². The lowest BCUT2D eigenvalue weighted by Gasteiger charge is -2.13. The van der Waals surface area contributed by atoms with E-state index in [1.165, 1.54) is 12.1 Å². The lowest BCUT2D eigenvalue weighted by Crippen LogP contribution is -2.29. The van der Waals surface area contributed by atoms with Crippen LogP contribution in [0, 0.1) is 10.1 Å². The van der Waals surface area contributed by atoms with Crippen LogP contribution in [0.3, 0.4) is 0 Å². The van der Waals surface area contributed by atoms with Gasteiger partial charge in [0.05, 0.1) is 27.4 Å². The highest BCUT2D eigenvalue weighted by Crippen LogP contribution is 2.22. The predicted molar refractivity (Wildman–Crippen MR) is 95.3 cm³/mol. The number of nitro groups is 1. The number of hydrogen-bond donors (Lipinski definition) is 2. The molecule has 0 saturated carbocycles. The molecule has 1 heterocycles. The van der Waals surface area contributed by atoms with Crippen LogP contribution < -0.4 is 15.5 Å². The minimum Gasteiger partial charge on any atom is -0.376 e. The van der Waals surface area contributed by atoms with Gasteiger partial charge in [-0.15, -0.1) is 5.10 Å². The molecule has 1 amide bonds. The molecular weight excluding hydrogens is 348 g/mol. The summed E-state index contributed by atoms with van der Waals surface area (Å²) in [6.45, 7) is 0.752. The van der Waals surface area contributed by atoms with Gasteiger partial charge in [-0.25, -0.2) is 0 Å². The second-order valence-corrected chi connectivity index (χ2v) is 5.70. The zero-order valence-corrected chi connectivity index (χ0v) is 14.4. The fourth-order valence-corrected chi connectivity index (χ4v) is 2.21. The maximum atomic E-state index is 12.1. The van der Waals surface area contributed by atoms with E-state index >= 15 is 0 Å². The van der Waals surface area contributed by atoms with Crippen molar-refractivity contribution < 1.29 is 9.72 Å². The highest BCUT2D eigenvalue weighted by atomic mass is 35.5. The molecule has 0 aliphatic rings. The largest absolute Gasteiger partial charge is 0.376 e. The van der Waals surface area contributed by atoms with Gasteiger partial charge in [-0.1, -0.05) is 11.6 Å². The van der Waals surface area contributed by atoms with Crippen molar-refractivity contribution in [3.63, 3.8) is 0 Å². The van der Waals surface area contributed by atoms with Gasteiger partial charge in [0.1, 0.15) is 0 Å². The number of aromatic nitrogens is 2. The summed E-state index contributed by atoms with van der Waals surface area (Å²) in [4.78, 5) is 24.1. The number of anilines is 2. The molecule has 132 valence electrons. The molecule has 25 heavy (non-hydrogen) atoms. The molecular formula is C15H17ClN6O3. The van der Waals surface area contributed by atoms with Crippen molar-refractivity contribution in [1.29, 1.82) is 0 Å². The van der Waals surface area contributed by atoms with Crippen LogP contribution in [0.4, 0.5) is 17.2 Å². The second-order valence-electron chi connectivity index (χ2n) is 5.30. The third-order valence-corrected chi connectivity index (χ3v) is 3.59. The summed E-state index contributed by atoms with van der Waals surface area (Å²) in [5.41, 5.74) is 0.920. The molecule has 1 aromatic heterocycles. The van der Waals surface area contributed by atoms with Crippen molar-refractivity contribution in [2.24, 2.45) is 0 Å². The summed E-state index contributed by atoms with van der Waals surface area (Å²) in [6.07, 6.45) is 1.64. The van der Waals surface area contributed by atoms with Crippen molar-refractivity contribution in [2.45, 2.75) is 0 Å². The molecule has 0 aliphatic carbocycles. The van der Waals surface area contributed by atoms with Crippen LogP contribution in [-0.4, -0.2) is 48.2 Å². The molecule has 2 N–H and O–H groups in total. The molecule has 0 saturated heterocycles. The van der Waals surface area contributed by atoms with Gasteiger partial charge >= 0.3 is 0 Å². The van der Waals surface area contributed by atoms with Crippen molar-refractivity contribution in [3.8, 4) is 0 Å². The maximum Gasteiger partial charge on any atom is 0.270 e. The van der Waals surface area contributed by atoms with Gasteiger partial charge in [0.2, 0.25) is 0 Å². The van der Waals surface area contributed by atoms with Gasteiger partial charge in [-0.05, 0) is 6.07 Å². The van der Waals surface area contributed by atoms with Crippen LogP contribution in [0.5, 0.6) is 0 Å². The van der Waals surface area contributed by atoms with E-state index < -0.39 is 10.8 Å². The summed E-state index contributed by atoms with van der Waals surface area (Å²) < 4.78 is 0. The Bertz CT molecular complexity index is 784. The number of nitrogens with one attached hydrogen (secondary N) is 2. The summed E-state index contributed by atoms with van der Waals surface area (Å²) in [5.74, 6) is 0.184. The number of halogens is 1. The van der Waals surface area contributed by atoms with Crippen LogP contribution in [-0.2, 0) is 0 Å². The van der Waals surface area contributed by atoms with Gasteiger partial charge in [-0.3, -0.25) is 14.9 Å². The van der Waals surface area contributed by atoms with E-state index in [1.54, 1.807) is 6.20 Å². The normalized spacial score (nSPS) is 10.2. The molecule has 10 heteroatoms. The maximum absolute atomic E-state index is 12.1. The molecule has 0 aliphatic heterocycles. The van der Waals surface area contributed by atoms with Gasteiger partial charge in [0.25, 0.3) is 11.6 Å². The average Bonchev–Trinajstić information content (AvgIpc) is 2.58. The number of non-ortho nitro benzene ring substituents is 1. The number of benzene rings is 1. The first-order valence-electron chi connectivity index (χ1n) is 7.34. The Balaban J connectivity index is 1.86. The quantitative estimate of drug-likeness (QED) is 0.438. The van der Waals surface area contributed by atoms with Crippen LogP contribution >= 0.6 is 11.6 Å². The number of nitro benzene ring substituents is 1. The van der Waals surface area contributed by atoms with Crippen LogP contribution in [0.25, 0.3) is 0 Å². The van der Waals surface area contributed by atoms with E-state index in [1.807, 2.05) is 25.1 Å². The van der Waals surface area contributed by atoms with Crippen LogP contribution in [0.1, 0.15) is 10.4 Å². The monoisotopic (exact) mass is 364 g/mol. The molecule has 2 aromatic rings. The number of carbonyl (C=O) groups excluding carboxylic acids is 1. The smallest absolute Gasteiger partial charge is 0.270 e. The lowest BCUT2D eigenvalue weighted by atomic mass is 10.2. The Morgan fingerprint density at radius 3 is 2.72 bits per heavy atom. The number of hydrogen-bond acceptors (Lipinski definition) is 7. The fourth-order valence-electron chi connectivity index (χ4n) is 1.95. The Morgan fingerprint density at radius 2 is 2.08 bits per heavy atom. The van der Waals surface area contributed by atoms with Gasteiger partial charge in [0.15, 0.2) is 5.82 Å². The fraction of sp³-hybridized carbons (Fsp3) is 0.267. The zero-order chi connectivity index (χ0) is 18.4. The molecule has 0 unspecified atom stereocenters. The first kappa shape index (κ1) is 18.4. The Morgan fingerprint density at radius 1 is 1.32 bits per heavy atom. The molecule has 0 atom stereocenters. The summed E-state index contributed by atoms with van der Waals surface area (Å²) in [5, 5.41) is 24.3.